The number of ether oxygens (including phenoxy) is 1. The summed E-state index contributed by atoms with van der Waals surface area (Å²) < 4.78 is 28.2. The molecule has 37 heavy (non-hydrogen) atoms. The molecule has 0 fully saturated rings. The summed E-state index contributed by atoms with van der Waals surface area (Å²) in [6.07, 6.45) is 19.6. The fraction of sp³-hybridized carbons (Fsp3) is 0.964. The first kappa shape index (κ1) is 36.5. The van der Waals surface area contributed by atoms with Gasteiger partial charge >= 0.3 is 7.82 Å². The van der Waals surface area contributed by atoms with Crippen molar-refractivity contribution in [3.63, 3.8) is 0 Å². The van der Waals surface area contributed by atoms with Gasteiger partial charge in [0.1, 0.15) is 19.4 Å². The number of hydrogen-bond acceptors (Lipinski definition) is 5. The molecule has 0 aromatic carbocycles. The van der Waals surface area contributed by atoms with Gasteiger partial charge in [-0.1, -0.05) is 96.8 Å². The summed E-state index contributed by atoms with van der Waals surface area (Å²) in [6.45, 7) is 5.22. The topological polar surface area (TPSA) is 94.1 Å². The summed E-state index contributed by atoms with van der Waals surface area (Å²) in [4.78, 5) is 22.1. The van der Waals surface area contributed by atoms with Crippen molar-refractivity contribution < 1.29 is 32.5 Å². The number of quaternary nitrogens is 1. The van der Waals surface area contributed by atoms with Gasteiger partial charge in [0.15, 0.2) is 0 Å². The lowest BCUT2D eigenvalue weighted by Gasteiger charge is -2.24. The Hall–Kier alpha value is -0.500. The van der Waals surface area contributed by atoms with Gasteiger partial charge in [-0.15, -0.1) is 0 Å². The summed E-state index contributed by atoms with van der Waals surface area (Å²) in [7, 11) is 1.81. The van der Waals surface area contributed by atoms with Crippen molar-refractivity contribution in [2.75, 3.05) is 47.5 Å². The normalized spacial score (nSPS) is 14.4. The smallest absolute Gasteiger partial charge is 0.359 e. The minimum Gasteiger partial charge on any atom is -0.359 e. The van der Waals surface area contributed by atoms with E-state index in [-0.39, 0.29) is 25.5 Å². The van der Waals surface area contributed by atoms with E-state index >= 15 is 0 Å². The van der Waals surface area contributed by atoms with Crippen LogP contribution < -0.4 is 5.32 Å². The van der Waals surface area contributed by atoms with Gasteiger partial charge in [-0.2, -0.15) is 0 Å². The van der Waals surface area contributed by atoms with E-state index in [9.17, 15) is 14.3 Å². The summed E-state index contributed by atoms with van der Waals surface area (Å²) in [5.41, 5.74) is 0. The Balaban J connectivity index is 3.77. The van der Waals surface area contributed by atoms with Crippen molar-refractivity contribution in [1.82, 2.24) is 5.32 Å². The number of nitrogens with one attached hydrogen (secondary N) is 1. The van der Waals surface area contributed by atoms with E-state index in [0.717, 1.165) is 12.8 Å². The summed E-state index contributed by atoms with van der Waals surface area (Å²) >= 11 is 0. The number of phosphoric ester groups is 1. The molecule has 1 amide bonds. The fourth-order valence-corrected chi connectivity index (χ4v) is 4.77. The highest BCUT2D eigenvalue weighted by molar-refractivity contribution is 7.47. The van der Waals surface area contributed by atoms with E-state index in [0.29, 0.717) is 24.1 Å². The predicted molar refractivity (Wildman–Crippen MR) is 152 cm³/mol. The number of rotatable bonds is 27. The number of amides is 1. The van der Waals surface area contributed by atoms with Crippen LogP contribution in [0.2, 0.25) is 0 Å². The average Bonchev–Trinajstić information content (AvgIpc) is 2.80. The van der Waals surface area contributed by atoms with Crippen LogP contribution in [0, 0.1) is 0 Å². The third-order valence-electron chi connectivity index (χ3n) is 6.35. The van der Waals surface area contributed by atoms with Crippen LogP contribution in [-0.2, 0) is 23.1 Å². The Morgan fingerprint density at radius 3 is 1.70 bits per heavy atom. The molecule has 0 aromatic heterocycles. The maximum absolute atomic E-state index is 12.3. The highest BCUT2D eigenvalue weighted by Crippen LogP contribution is 2.43. The molecule has 9 heteroatoms. The summed E-state index contributed by atoms with van der Waals surface area (Å²) in [5, 5.41) is 2.86. The SMILES string of the molecule is CCCCCCCCCCCCCCCCCC(=O)NC(CCOP(=O)(O)OCC[N+](C)(C)C)OCC. The number of carbonyl (C=O) groups is 1. The van der Waals surface area contributed by atoms with Crippen LogP contribution >= 0.6 is 7.82 Å². The first-order valence-electron chi connectivity index (χ1n) is 14.9. The zero-order valence-electron chi connectivity index (χ0n) is 24.8. The third-order valence-corrected chi connectivity index (χ3v) is 7.37. The van der Waals surface area contributed by atoms with Crippen molar-refractivity contribution >= 4 is 13.7 Å². The Morgan fingerprint density at radius 2 is 1.24 bits per heavy atom. The molecule has 2 atom stereocenters. The van der Waals surface area contributed by atoms with Gasteiger partial charge in [0.2, 0.25) is 5.91 Å². The van der Waals surface area contributed by atoms with Crippen molar-refractivity contribution in [1.29, 1.82) is 0 Å². The first-order chi connectivity index (χ1) is 17.6. The van der Waals surface area contributed by atoms with E-state index in [1.807, 2.05) is 28.1 Å². The monoisotopic (exact) mass is 551 g/mol. The second-order valence-electron chi connectivity index (χ2n) is 11.1. The van der Waals surface area contributed by atoms with Gasteiger partial charge in [-0.25, -0.2) is 4.57 Å². The number of likely N-dealkylation sites (N-methyl/N-ethyl adjacent to an activating group) is 1. The predicted octanol–water partition coefficient (Wildman–Crippen LogP) is 6.96. The van der Waals surface area contributed by atoms with E-state index in [1.54, 1.807) is 0 Å². The van der Waals surface area contributed by atoms with Crippen LogP contribution in [0.3, 0.4) is 0 Å². The van der Waals surface area contributed by atoms with E-state index in [1.165, 1.54) is 83.5 Å². The Morgan fingerprint density at radius 1 is 0.784 bits per heavy atom. The number of carbonyl (C=O) groups excluding carboxylic acids is 1. The molecular formula is C28H60N2O6P+. The number of nitrogens with zero attached hydrogens (tertiary/aromatic N) is 1. The average molecular weight is 552 g/mol. The molecule has 0 aromatic rings. The van der Waals surface area contributed by atoms with Crippen molar-refractivity contribution in [2.24, 2.45) is 0 Å². The quantitative estimate of drug-likeness (QED) is 0.0496. The van der Waals surface area contributed by atoms with Crippen LogP contribution in [0.5, 0.6) is 0 Å². The van der Waals surface area contributed by atoms with Crippen LogP contribution in [0.15, 0.2) is 0 Å². The van der Waals surface area contributed by atoms with Gasteiger partial charge in [0.05, 0.1) is 27.7 Å². The Bertz CT molecular complexity index is 586. The largest absolute Gasteiger partial charge is 0.472 e. The molecule has 0 spiro atoms. The minimum atomic E-state index is -4.11. The van der Waals surface area contributed by atoms with Crippen molar-refractivity contribution in [3.8, 4) is 0 Å². The molecule has 0 aliphatic heterocycles. The molecule has 2 N–H and O–H groups in total. The van der Waals surface area contributed by atoms with E-state index in [4.69, 9.17) is 13.8 Å². The lowest BCUT2D eigenvalue weighted by Crippen LogP contribution is -2.38. The van der Waals surface area contributed by atoms with Crippen molar-refractivity contribution in [2.45, 2.75) is 129 Å². The number of hydrogen-bond donors (Lipinski definition) is 2. The molecule has 2 unspecified atom stereocenters. The van der Waals surface area contributed by atoms with Crippen molar-refractivity contribution in [3.05, 3.63) is 0 Å². The third kappa shape index (κ3) is 26.9. The molecule has 222 valence electrons. The minimum absolute atomic E-state index is 0.0396. The number of unbranched alkanes of at least 4 members (excludes halogenated alkanes) is 14. The highest BCUT2D eigenvalue weighted by atomic mass is 31.2. The molecule has 0 radical (unpaired) electrons. The van der Waals surface area contributed by atoms with E-state index < -0.39 is 14.1 Å². The van der Waals surface area contributed by atoms with Crippen LogP contribution in [0.1, 0.15) is 123 Å². The second kappa shape index (κ2) is 23.4. The summed E-state index contributed by atoms with van der Waals surface area (Å²) in [5.74, 6) is -0.0560. The molecule has 0 saturated heterocycles. The zero-order valence-corrected chi connectivity index (χ0v) is 25.7. The van der Waals surface area contributed by atoms with Crippen LogP contribution in [-0.4, -0.2) is 69.0 Å². The zero-order chi connectivity index (χ0) is 27.8. The van der Waals surface area contributed by atoms with Gasteiger partial charge in [0, 0.05) is 19.4 Å². The fourth-order valence-electron chi connectivity index (χ4n) is 4.05. The van der Waals surface area contributed by atoms with Gasteiger partial charge < -0.3 is 19.4 Å². The van der Waals surface area contributed by atoms with Gasteiger partial charge in [-0.3, -0.25) is 13.8 Å². The van der Waals surface area contributed by atoms with E-state index in [2.05, 4.69) is 12.2 Å². The molecule has 8 nitrogen and oxygen atoms in total. The lowest BCUT2D eigenvalue weighted by molar-refractivity contribution is -0.870. The molecule has 0 bridgehead atoms. The maximum Gasteiger partial charge on any atom is 0.472 e. The van der Waals surface area contributed by atoms with Crippen LogP contribution in [0.4, 0.5) is 0 Å². The standard InChI is InChI=1S/C28H59N2O6P/c1-6-8-9-10-11-12-13-14-15-16-17-18-19-20-21-22-27(31)29-28(34-7-2)23-25-35-37(32,33)36-26-24-30(3,4)5/h28H,6-26H2,1-5H3,(H-,29,31,32,33)/p+1. The number of phosphoric acid groups is 1. The molecule has 0 rings (SSSR count). The molecule has 0 heterocycles. The van der Waals surface area contributed by atoms with Crippen LogP contribution in [0.25, 0.3) is 0 Å². The summed E-state index contributed by atoms with van der Waals surface area (Å²) in [6, 6.07) is 0. The van der Waals surface area contributed by atoms with Gasteiger partial charge in [-0.05, 0) is 13.3 Å². The second-order valence-corrected chi connectivity index (χ2v) is 12.6. The molecule has 0 aliphatic carbocycles. The Kier molecular flexibility index (Phi) is 23.1. The first-order valence-corrected chi connectivity index (χ1v) is 16.4. The Labute approximate surface area is 228 Å². The molecular weight excluding hydrogens is 491 g/mol. The maximum atomic E-state index is 12.3. The lowest BCUT2D eigenvalue weighted by atomic mass is 10.0. The van der Waals surface area contributed by atoms with Gasteiger partial charge in [0.25, 0.3) is 0 Å². The highest BCUT2D eigenvalue weighted by Gasteiger charge is 2.23. The molecule has 0 saturated carbocycles. The molecule has 0 aliphatic rings.